The number of amides is 2. The molecule has 0 aliphatic carbocycles. The van der Waals surface area contributed by atoms with Crippen LogP contribution in [0.5, 0.6) is 0 Å². The molecule has 0 spiro atoms. The molecule has 4 rings (SSSR count). The molecule has 0 radical (unpaired) electrons. The van der Waals surface area contributed by atoms with E-state index in [-0.39, 0.29) is 18.1 Å². The van der Waals surface area contributed by atoms with Crippen molar-refractivity contribution in [3.63, 3.8) is 0 Å². The number of hydrogen-bond acceptors (Lipinski definition) is 5. The van der Waals surface area contributed by atoms with Gasteiger partial charge in [0, 0.05) is 42.5 Å². The molecule has 32 heavy (non-hydrogen) atoms. The highest BCUT2D eigenvalue weighted by Crippen LogP contribution is 2.25. The highest BCUT2D eigenvalue weighted by atomic mass is 16.7. The van der Waals surface area contributed by atoms with Gasteiger partial charge in [0.15, 0.2) is 6.29 Å². The van der Waals surface area contributed by atoms with E-state index in [0.29, 0.717) is 36.6 Å². The van der Waals surface area contributed by atoms with Crippen LogP contribution in [0, 0.1) is 0 Å². The first-order chi connectivity index (χ1) is 15.6. The first-order valence-electron chi connectivity index (χ1n) is 11.3. The van der Waals surface area contributed by atoms with Gasteiger partial charge in [-0.1, -0.05) is 24.6 Å². The predicted octanol–water partition coefficient (Wildman–Crippen LogP) is 3.82. The number of likely N-dealkylation sites (tertiary alicyclic amines) is 1. The van der Waals surface area contributed by atoms with Crippen LogP contribution < -0.4 is 10.2 Å². The molecule has 0 bridgehead atoms. The van der Waals surface area contributed by atoms with E-state index in [4.69, 9.17) is 9.47 Å². The summed E-state index contributed by atoms with van der Waals surface area (Å²) in [6, 6.07) is 14.6. The van der Waals surface area contributed by atoms with Crippen molar-refractivity contribution in [3.05, 3.63) is 59.7 Å². The maximum absolute atomic E-state index is 12.8. The topological polar surface area (TPSA) is 71.1 Å². The van der Waals surface area contributed by atoms with E-state index in [9.17, 15) is 9.59 Å². The number of nitrogens with one attached hydrogen (secondary N) is 1. The Balaban J connectivity index is 1.33. The fourth-order valence-corrected chi connectivity index (χ4v) is 4.08. The summed E-state index contributed by atoms with van der Waals surface area (Å²) in [5.74, 6) is -0.165. The Morgan fingerprint density at radius 2 is 1.75 bits per heavy atom. The molecule has 7 heteroatoms. The van der Waals surface area contributed by atoms with Crippen molar-refractivity contribution in [1.29, 1.82) is 0 Å². The Labute approximate surface area is 189 Å². The molecule has 2 aliphatic rings. The van der Waals surface area contributed by atoms with E-state index in [1.807, 2.05) is 30.3 Å². The number of rotatable bonds is 7. The van der Waals surface area contributed by atoms with Crippen LogP contribution in [0.4, 0.5) is 11.4 Å². The Bertz CT molecular complexity index is 919. The zero-order valence-electron chi connectivity index (χ0n) is 18.6. The van der Waals surface area contributed by atoms with Gasteiger partial charge in [-0.05, 0) is 56.3 Å². The minimum atomic E-state index is -0.334. The van der Waals surface area contributed by atoms with Gasteiger partial charge in [-0.25, -0.2) is 0 Å². The van der Waals surface area contributed by atoms with Gasteiger partial charge in [0.05, 0.1) is 13.2 Å². The number of ether oxygens (including phenoxy) is 2. The number of carbonyl (C=O) groups is 2. The van der Waals surface area contributed by atoms with Gasteiger partial charge < -0.3 is 24.6 Å². The Morgan fingerprint density at radius 3 is 2.47 bits per heavy atom. The average molecular weight is 438 g/mol. The second-order valence-electron chi connectivity index (χ2n) is 8.31. The second kappa shape index (κ2) is 10.7. The van der Waals surface area contributed by atoms with Crippen molar-refractivity contribution < 1.29 is 19.1 Å². The zero-order chi connectivity index (χ0) is 22.3. The standard InChI is InChI=1S/C25H31N3O4/c1-27(23(29)12-15-28-13-3-2-4-14-28)22-7-5-6-20(18-22)24(30)26-21-10-8-19(9-11-21)25-31-16-17-32-25/h5-11,18,25H,2-4,12-17H2,1H3,(H,26,30). The number of piperidine rings is 1. The van der Waals surface area contributed by atoms with E-state index in [1.54, 1.807) is 30.1 Å². The number of anilines is 2. The molecule has 0 saturated carbocycles. The number of nitrogens with zero attached hydrogens (tertiary/aromatic N) is 2. The summed E-state index contributed by atoms with van der Waals surface area (Å²) in [6.45, 7) is 4.13. The first-order valence-corrected chi connectivity index (χ1v) is 11.3. The normalized spacial score (nSPS) is 17.3. The molecule has 2 aromatic rings. The van der Waals surface area contributed by atoms with Crippen LogP contribution in [0.3, 0.4) is 0 Å². The summed E-state index contributed by atoms with van der Waals surface area (Å²) in [6.07, 6.45) is 3.86. The molecular weight excluding hydrogens is 406 g/mol. The number of benzene rings is 2. The Kier molecular flexibility index (Phi) is 7.52. The lowest BCUT2D eigenvalue weighted by Crippen LogP contribution is -2.35. The largest absolute Gasteiger partial charge is 0.346 e. The Morgan fingerprint density at radius 1 is 1.03 bits per heavy atom. The second-order valence-corrected chi connectivity index (χ2v) is 8.31. The van der Waals surface area contributed by atoms with Crippen molar-refractivity contribution >= 4 is 23.2 Å². The van der Waals surface area contributed by atoms with Crippen LogP contribution in [-0.4, -0.2) is 56.6 Å². The lowest BCUT2D eigenvalue weighted by atomic mass is 10.1. The third kappa shape index (κ3) is 5.73. The third-order valence-electron chi connectivity index (χ3n) is 6.02. The number of hydrogen-bond donors (Lipinski definition) is 1. The molecule has 2 fully saturated rings. The van der Waals surface area contributed by atoms with Crippen molar-refractivity contribution in [2.75, 3.05) is 50.1 Å². The fraction of sp³-hybridized carbons (Fsp3) is 0.440. The van der Waals surface area contributed by atoms with Crippen molar-refractivity contribution in [1.82, 2.24) is 4.90 Å². The van der Waals surface area contributed by atoms with E-state index in [1.165, 1.54) is 19.3 Å². The van der Waals surface area contributed by atoms with Gasteiger partial charge in [0.1, 0.15) is 0 Å². The van der Waals surface area contributed by atoms with E-state index >= 15 is 0 Å². The minimum Gasteiger partial charge on any atom is -0.346 e. The maximum atomic E-state index is 12.8. The van der Waals surface area contributed by atoms with Gasteiger partial charge in [-0.3, -0.25) is 9.59 Å². The zero-order valence-corrected chi connectivity index (χ0v) is 18.6. The van der Waals surface area contributed by atoms with Gasteiger partial charge in [0.2, 0.25) is 5.91 Å². The van der Waals surface area contributed by atoms with Crippen LogP contribution in [0.1, 0.15) is 47.9 Å². The number of carbonyl (C=O) groups excluding carboxylic acids is 2. The molecule has 7 nitrogen and oxygen atoms in total. The quantitative estimate of drug-likeness (QED) is 0.713. The minimum absolute atomic E-state index is 0.0556. The van der Waals surface area contributed by atoms with Crippen LogP contribution in [-0.2, 0) is 14.3 Å². The molecule has 2 amide bonds. The molecule has 2 saturated heterocycles. The highest BCUT2D eigenvalue weighted by molar-refractivity contribution is 6.05. The van der Waals surface area contributed by atoms with Gasteiger partial charge in [-0.2, -0.15) is 0 Å². The molecule has 2 aliphatic heterocycles. The van der Waals surface area contributed by atoms with Crippen LogP contribution in [0.15, 0.2) is 48.5 Å². The average Bonchev–Trinajstić information content (AvgIpc) is 3.38. The van der Waals surface area contributed by atoms with E-state index in [2.05, 4.69) is 10.2 Å². The molecule has 0 atom stereocenters. The highest BCUT2D eigenvalue weighted by Gasteiger charge is 2.19. The third-order valence-corrected chi connectivity index (χ3v) is 6.02. The monoisotopic (exact) mass is 437 g/mol. The molecular formula is C25H31N3O4. The summed E-state index contributed by atoms with van der Waals surface area (Å²) >= 11 is 0. The van der Waals surface area contributed by atoms with Gasteiger partial charge >= 0.3 is 0 Å². The smallest absolute Gasteiger partial charge is 0.255 e. The lowest BCUT2D eigenvalue weighted by molar-refractivity contribution is -0.118. The molecule has 0 unspecified atom stereocenters. The summed E-state index contributed by atoms with van der Waals surface area (Å²) in [4.78, 5) is 29.4. The summed E-state index contributed by atoms with van der Waals surface area (Å²) in [5, 5.41) is 2.91. The van der Waals surface area contributed by atoms with Gasteiger partial charge in [-0.15, -0.1) is 0 Å². The predicted molar refractivity (Wildman–Crippen MR) is 124 cm³/mol. The Hall–Kier alpha value is -2.74. The van der Waals surface area contributed by atoms with Gasteiger partial charge in [0.25, 0.3) is 5.91 Å². The fourth-order valence-electron chi connectivity index (χ4n) is 4.08. The van der Waals surface area contributed by atoms with Crippen molar-refractivity contribution in [3.8, 4) is 0 Å². The molecule has 2 heterocycles. The van der Waals surface area contributed by atoms with Crippen LogP contribution in [0.25, 0.3) is 0 Å². The maximum Gasteiger partial charge on any atom is 0.255 e. The molecule has 170 valence electrons. The molecule has 0 aromatic heterocycles. The first kappa shape index (κ1) is 22.5. The van der Waals surface area contributed by atoms with Crippen LogP contribution in [0.2, 0.25) is 0 Å². The summed E-state index contributed by atoms with van der Waals surface area (Å²) in [7, 11) is 1.77. The SMILES string of the molecule is CN(C(=O)CCN1CCCCC1)c1cccc(C(=O)Nc2ccc(C3OCCO3)cc2)c1. The molecule has 1 N–H and O–H groups in total. The summed E-state index contributed by atoms with van der Waals surface area (Å²) < 4.78 is 11.0. The van der Waals surface area contributed by atoms with Crippen molar-refractivity contribution in [2.45, 2.75) is 32.0 Å². The van der Waals surface area contributed by atoms with E-state index in [0.717, 1.165) is 25.2 Å². The molecule has 2 aromatic carbocycles. The van der Waals surface area contributed by atoms with Crippen molar-refractivity contribution in [2.24, 2.45) is 0 Å². The summed E-state index contributed by atoms with van der Waals surface area (Å²) in [5.41, 5.74) is 2.83. The lowest BCUT2D eigenvalue weighted by Gasteiger charge is -2.27. The van der Waals surface area contributed by atoms with E-state index < -0.39 is 0 Å². The van der Waals surface area contributed by atoms with Crippen LogP contribution >= 0.6 is 0 Å².